The molecule has 1 N–H and O–H groups in total. The smallest absolute Gasteiger partial charge is 0.119 e. The van der Waals surface area contributed by atoms with Gasteiger partial charge in [0, 0.05) is 18.0 Å². The number of nitrogens with zero attached hydrogens (tertiary/aromatic N) is 1. The third-order valence-electron chi connectivity index (χ3n) is 4.90. The summed E-state index contributed by atoms with van der Waals surface area (Å²) in [5, 5.41) is 5.86. The maximum atomic E-state index is 6.00. The van der Waals surface area contributed by atoms with Crippen LogP contribution in [-0.2, 0) is 6.42 Å². The van der Waals surface area contributed by atoms with Crippen LogP contribution in [0.25, 0.3) is 0 Å². The fraction of sp³-hybridized carbons (Fsp3) is 0.500. The van der Waals surface area contributed by atoms with Crippen molar-refractivity contribution in [3.05, 3.63) is 51.2 Å². The number of hydrogen-bond donors (Lipinski definition) is 1. The van der Waals surface area contributed by atoms with Gasteiger partial charge in [-0.15, -0.1) is 11.3 Å². The van der Waals surface area contributed by atoms with Gasteiger partial charge in [-0.2, -0.15) is 0 Å². The van der Waals surface area contributed by atoms with Crippen molar-refractivity contribution >= 4 is 11.3 Å². The largest absolute Gasteiger partial charge is 0.492 e. The lowest BCUT2D eigenvalue weighted by Gasteiger charge is -2.27. The molecule has 1 aliphatic rings. The third-order valence-corrected chi connectivity index (χ3v) is 5.99. The van der Waals surface area contributed by atoms with Crippen molar-refractivity contribution < 1.29 is 4.74 Å². The Morgan fingerprint density at radius 1 is 1.25 bits per heavy atom. The standard InChI is InChI=1S/C20H28N2OS/c1-4-22(5-2)11-12-23-17-6-7-18-16(14-17)8-10-21-19(18)20-15(3)9-13-24-20/h6-7,9,13-14,19,21H,4-5,8,10-12H2,1-3H3. The van der Waals surface area contributed by atoms with Crippen molar-refractivity contribution in [1.29, 1.82) is 0 Å². The molecule has 0 radical (unpaired) electrons. The summed E-state index contributed by atoms with van der Waals surface area (Å²) in [6, 6.07) is 9.16. The highest BCUT2D eigenvalue weighted by Crippen LogP contribution is 2.35. The molecule has 0 saturated heterocycles. The zero-order valence-corrected chi connectivity index (χ0v) is 15.8. The summed E-state index contributed by atoms with van der Waals surface area (Å²) in [5.41, 5.74) is 4.21. The number of benzene rings is 1. The molecule has 24 heavy (non-hydrogen) atoms. The summed E-state index contributed by atoms with van der Waals surface area (Å²) in [4.78, 5) is 3.82. The number of hydrogen-bond acceptors (Lipinski definition) is 4. The Balaban J connectivity index is 1.70. The molecule has 1 atom stereocenters. The fourth-order valence-electron chi connectivity index (χ4n) is 3.38. The summed E-state index contributed by atoms with van der Waals surface area (Å²) in [6.07, 6.45) is 1.07. The highest BCUT2D eigenvalue weighted by atomic mass is 32.1. The van der Waals surface area contributed by atoms with Gasteiger partial charge in [0.1, 0.15) is 12.4 Å². The number of thiophene rings is 1. The van der Waals surface area contributed by atoms with Crippen LogP contribution in [0.1, 0.15) is 41.5 Å². The Morgan fingerprint density at radius 3 is 2.79 bits per heavy atom. The van der Waals surface area contributed by atoms with Gasteiger partial charge >= 0.3 is 0 Å². The molecule has 0 amide bonds. The van der Waals surface area contributed by atoms with Crippen LogP contribution in [0.2, 0.25) is 0 Å². The second kappa shape index (κ2) is 8.15. The lowest BCUT2D eigenvalue weighted by molar-refractivity contribution is 0.222. The number of ether oxygens (including phenoxy) is 1. The van der Waals surface area contributed by atoms with Gasteiger partial charge in [-0.25, -0.2) is 0 Å². The molecule has 0 aliphatic carbocycles. The molecule has 130 valence electrons. The van der Waals surface area contributed by atoms with Crippen molar-refractivity contribution in [3.63, 3.8) is 0 Å². The van der Waals surface area contributed by atoms with E-state index in [9.17, 15) is 0 Å². The molecule has 4 heteroatoms. The predicted molar refractivity (Wildman–Crippen MR) is 102 cm³/mol. The molecule has 0 fully saturated rings. The quantitative estimate of drug-likeness (QED) is 0.821. The molecule has 3 rings (SSSR count). The number of fused-ring (bicyclic) bond motifs is 1. The van der Waals surface area contributed by atoms with E-state index in [0.29, 0.717) is 6.04 Å². The van der Waals surface area contributed by atoms with Crippen LogP contribution in [-0.4, -0.2) is 37.7 Å². The van der Waals surface area contributed by atoms with Gasteiger partial charge in [-0.05, 0) is 66.7 Å². The highest BCUT2D eigenvalue weighted by molar-refractivity contribution is 7.10. The molecule has 1 aromatic carbocycles. The van der Waals surface area contributed by atoms with E-state index in [0.717, 1.165) is 45.0 Å². The van der Waals surface area contributed by atoms with Gasteiger partial charge in [0.05, 0.1) is 6.04 Å². The van der Waals surface area contributed by atoms with Crippen LogP contribution in [0.5, 0.6) is 5.75 Å². The molecular weight excluding hydrogens is 316 g/mol. The zero-order chi connectivity index (χ0) is 16.9. The van der Waals surface area contributed by atoms with Crippen LogP contribution in [0.15, 0.2) is 29.6 Å². The van der Waals surface area contributed by atoms with Crippen molar-refractivity contribution in [2.24, 2.45) is 0 Å². The zero-order valence-electron chi connectivity index (χ0n) is 15.0. The summed E-state index contributed by atoms with van der Waals surface area (Å²) < 4.78 is 6.00. The van der Waals surface area contributed by atoms with Crippen LogP contribution in [0, 0.1) is 6.92 Å². The van der Waals surface area contributed by atoms with Crippen LogP contribution >= 0.6 is 11.3 Å². The predicted octanol–water partition coefficient (Wildman–Crippen LogP) is 4.01. The molecule has 2 heterocycles. The minimum atomic E-state index is 0.332. The van der Waals surface area contributed by atoms with Gasteiger partial charge in [-0.3, -0.25) is 0 Å². The molecule has 1 aromatic heterocycles. The SMILES string of the molecule is CCN(CC)CCOc1ccc2c(c1)CCNC2c1sccc1C. The van der Waals surface area contributed by atoms with Gasteiger partial charge in [-0.1, -0.05) is 19.9 Å². The summed E-state index contributed by atoms with van der Waals surface area (Å²) >= 11 is 1.85. The molecule has 2 aromatic rings. The van der Waals surface area contributed by atoms with E-state index >= 15 is 0 Å². The van der Waals surface area contributed by atoms with E-state index in [-0.39, 0.29) is 0 Å². The third kappa shape index (κ3) is 3.82. The van der Waals surface area contributed by atoms with Crippen LogP contribution in [0.3, 0.4) is 0 Å². The number of rotatable bonds is 7. The van der Waals surface area contributed by atoms with E-state index in [1.54, 1.807) is 0 Å². The van der Waals surface area contributed by atoms with Crippen molar-refractivity contribution in [2.45, 2.75) is 33.2 Å². The monoisotopic (exact) mass is 344 g/mol. The van der Waals surface area contributed by atoms with Gasteiger partial charge in [0.25, 0.3) is 0 Å². The van der Waals surface area contributed by atoms with Crippen molar-refractivity contribution in [2.75, 3.05) is 32.8 Å². The van der Waals surface area contributed by atoms with E-state index in [4.69, 9.17) is 4.74 Å². The Labute approximate surface area is 149 Å². The number of nitrogens with one attached hydrogen (secondary N) is 1. The van der Waals surface area contributed by atoms with Gasteiger partial charge < -0.3 is 15.0 Å². The summed E-state index contributed by atoms with van der Waals surface area (Å²) in [5.74, 6) is 1.00. The minimum Gasteiger partial charge on any atom is -0.492 e. The molecule has 1 aliphatic heterocycles. The number of likely N-dealkylation sites (N-methyl/N-ethyl adjacent to an activating group) is 1. The number of aryl methyl sites for hydroxylation is 1. The Hall–Kier alpha value is -1.36. The molecule has 0 bridgehead atoms. The van der Waals surface area contributed by atoms with E-state index in [2.05, 4.69) is 60.6 Å². The topological polar surface area (TPSA) is 24.5 Å². The lowest BCUT2D eigenvalue weighted by Crippen LogP contribution is -2.30. The molecule has 0 saturated carbocycles. The second-order valence-electron chi connectivity index (χ2n) is 6.34. The maximum Gasteiger partial charge on any atom is 0.119 e. The summed E-state index contributed by atoms with van der Waals surface area (Å²) in [6.45, 7) is 11.5. The first-order valence-corrected chi connectivity index (χ1v) is 9.86. The van der Waals surface area contributed by atoms with Gasteiger partial charge in [0.2, 0.25) is 0 Å². The van der Waals surface area contributed by atoms with Crippen molar-refractivity contribution in [3.8, 4) is 5.75 Å². The molecule has 3 nitrogen and oxygen atoms in total. The second-order valence-corrected chi connectivity index (χ2v) is 7.29. The van der Waals surface area contributed by atoms with Crippen LogP contribution < -0.4 is 10.1 Å². The Kier molecular flexibility index (Phi) is 5.93. The van der Waals surface area contributed by atoms with Crippen LogP contribution in [0.4, 0.5) is 0 Å². The van der Waals surface area contributed by atoms with E-state index in [1.165, 1.54) is 21.6 Å². The first-order valence-electron chi connectivity index (χ1n) is 8.98. The molecule has 0 spiro atoms. The van der Waals surface area contributed by atoms with E-state index < -0.39 is 0 Å². The average molecular weight is 345 g/mol. The first kappa shape index (κ1) is 17.5. The Bertz CT molecular complexity index is 663. The van der Waals surface area contributed by atoms with Crippen molar-refractivity contribution in [1.82, 2.24) is 10.2 Å². The first-order chi connectivity index (χ1) is 11.7. The highest BCUT2D eigenvalue weighted by Gasteiger charge is 2.23. The Morgan fingerprint density at radius 2 is 2.08 bits per heavy atom. The van der Waals surface area contributed by atoms with E-state index in [1.807, 2.05) is 11.3 Å². The molecule has 1 unspecified atom stereocenters. The molecular formula is C20H28N2OS. The minimum absolute atomic E-state index is 0.332. The normalized spacial score (nSPS) is 17.1. The fourth-order valence-corrected chi connectivity index (χ4v) is 4.40. The average Bonchev–Trinajstić information content (AvgIpc) is 3.04. The lowest BCUT2D eigenvalue weighted by atomic mass is 9.92. The summed E-state index contributed by atoms with van der Waals surface area (Å²) in [7, 11) is 0. The van der Waals surface area contributed by atoms with Gasteiger partial charge in [0.15, 0.2) is 0 Å². The maximum absolute atomic E-state index is 6.00.